The first-order valence-corrected chi connectivity index (χ1v) is 5.77. The second-order valence-corrected chi connectivity index (χ2v) is 3.79. The van der Waals surface area contributed by atoms with Gasteiger partial charge in [0.05, 0.1) is 12.7 Å². The van der Waals surface area contributed by atoms with E-state index >= 15 is 0 Å². The van der Waals surface area contributed by atoms with Gasteiger partial charge in [-0.25, -0.2) is 9.59 Å². The minimum absolute atomic E-state index is 0.367. The molecular formula is C15H11NO4. The third-order valence-corrected chi connectivity index (χ3v) is 2.51. The van der Waals surface area contributed by atoms with E-state index in [-0.39, 0.29) is 0 Å². The van der Waals surface area contributed by atoms with Gasteiger partial charge in [-0.1, -0.05) is 18.2 Å². The molecule has 2 aromatic rings. The lowest BCUT2D eigenvalue weighted by atomic mass is 10.2. The van der Waals surface area contributed by atoms with Gasteiger partial charge in [-0.3, -0.25) is 0 Å². The Labute approximate surface area is 115 Å². The maximum absolute atomic E-state index is 11.4. The van der Waals surface area contributed by atoms with Crippen molar-refractivity contribution < 1.29 is 19.1 Å². The number of rotatable bonds is 4. The van der Waals surface area contributed by atoms with Crippen LogP contribution in [-0.2, 0) is 9.53 Å². The van der Waals surface area contributed by atoms with Crippen molar-refractivity contribution in [3.05, 3.63) is 54.1 Å². The van der Waals surface area contributed by atoms with E-state index in [2.05, 4.69) is 9.73 Å². The van der Waals surface area contributed by atoms with E-state index in [4.69, 9.17) is 4.74 Å². The van der Waals surface area contributed by atoms with Crippen molar-refractivity contribution >= 4 is 17.7 Å². The second kappa shape index (κ2) is 6.31. The first-order chi connectivity index (χ1) is 9.74. The van der Waals surface area contributed by atoms with Crippen LogP contribution in [-0.4, -0.2) is 19.2 Å². The molecule has 0 aliphatic carbocycles. The maximum atomic E-state index is 11.4. The highest BCUT2D eigenvalue weighted by molar-refractivity contribution is 5.89. The second-order valence-electron chi connectivity index (χ2n) is 3.79. The third kappa shape index (κ3) is 3.10. The van der Waals surface area contributed by atoms with Gasteiger partial charge in [0.2, 0.25) is 6.08 Å². The number of nitrogens with zero attached hydrogens (tertiary/aromatic N) is 1. The van der Waals surface area contributed by atoms with E-state index < -0.39 is 5.97 Å². The Bertz CT molecular complexity index is 675. The van der Waals surface area contributed by atoms with E-state index in [1.54, 1.807) is 48.5 Å². The SMILES string of the molecule is COC(=O)c1cccc(Oc2ccccc2N=C=O)c1. The lowest BCUT2D eigenvalue weighted by Gasteiger charge is -2.08. The summed E-state index contributed by atoms with van der Waals surface area (Å²) in [6.07, 6.45) is 1.47. The molecule has 0 saturated heterocycles. The Hall–Kier alpha value is -2.91. The zero-order chi connectivity index (χ0) is 14.4. The topological polar surface area (TPSA) is 65.0 Å². The zero-order valence-corrected chi connectivity index (χ0v) is 10.7. The molecule has 0 unspecified atom stereocenters. The average Bonchev–Trinajstić information content (AvgIpc) is 2.49. The molecule has 0 saturated carbocycles. The van der Waals surface area contributed by atoms with Crippen LogP contribution < -0.4 is 4.74 Å². The first-order valence-electron chi connectivity index (χ1n) is 5.77. The van der Waals surface area contributed by atoms with Gasteiger partial charge in [-0.2, -0.15) is 4.99 Å². The lowest BCUT2D eigenvalue weighted by molar-refractivity contribution is 0.0600. The van der Waals surface area contributed by atoms with Crippen molar-refractivity contribution in [1.29, 1.82) is 0 Å². The Morgan fingerprint density at radius 1 is 1.15 bits per heavy atom. The zero-order valence-electron chi connectivity index (χ0n) is 10.7. The molecule has 0 amide bonds. The Kier molecular flexibility index (Phi) is 4.27. The molecule has 5 heteroatoms. The van der Waals surface area contributed by atoms with Gasteiger partial charge in [0, 0.05) is 0 Å². The molecule has 0 atom stereocenters. The van der Waals surface area contributed by atoms with Gasteiger partial charge in [-0.05, 0) is 30.3 Å². The summed E-state index contributed by atoms with van der Waals surface area (Å²) >= 11 is 0. The Balaban J connectivity index is 2.31. The van der Waals surface area contributed by atoms with E-state index in [1.807, 2.05) is 0 Å². The number of methoxy groups -OCH3 is 1. The molecule has 0 bridgehead atoms. The van der Waals surface area contributed by atoms with Gasteiger partial charge < -0.3 is 9.47 Å². The predicted molar refractivity (Wildman–Crippen MR) is 72.1 cm³/mol. The van der Waals surface area contributed by atoms with Crippen LogP contribution in [0.25, 0.3) is 0 Å². The van der Waals surface area contributed by atoms with Crippen LogP contribution >= 0.6 is 0 Å². The number of esters is 1. The monoisotopic (exact) mass is 269 g/mol. The quantitative estimate of drug-likeness (QED) is 0.485. The summed E-state index contributed by atoms with van der Waals surface area (Å²) in [7, 11) is 1.31. The van der Waals surface area contributed by atoms with Crippen molar-refractivity contribution in [3.8, 4) is 11.5 Å². The fourth-order valence-corrected chi connectivity index (χ4v) is 1.62. The standard InChI is InChI=1S/C15H11NO4/c1-19-15(18)11-5-4-6-12(9-11)20-14-8-3-2-7-13(14)16-10-17/h2-9H,1H3. The van der Waals surface area contributed by atoms with Gasteiger partial charge in [0.25, 0.3) is 0 Å². The predicted octanol–water partition coefficient (Wildman–Crippen LogP) is 3.23. The van der Waals surface area contributed by atoms with Crippen molar-refractivity contribution in [2.24, 2.45) is 4.99 Å². The molecule has 0 heterocycles. The molecule has 2 rings (SSSR count). The molecule has 0 spiro atoms. The van der Waals surface area contributed by atoms with Crippen molar-refractivity contribution in [1.82, 2.24) is 0 Å². The molecular weight excluding hydrogens is 258 g/mol. The van der Waals surface area contributed by atoms with E-state index in [1.165, 1.54) is 13.2 Å². The summed E-state index contributed by atoms with van der Waals surface area (Å²) in [6.45, 7) is 0. The van der Waals surface area contributed by atoms with Crippen LogP contribution in [0.15, 0.2) is 53.5 Å². The molecule has 0 aromatic heterocycles. The Morgan fingerprint density at radius 3 is 2.70 bits per heavy atom. The maximum Gasteiger partial charge on any atom is 0.337 e. The van der Waals surface area contributed by atoms with Crippen molar-refractivity contribution in [2.75, 3.05) is 7.11 Å². The number of carbonyl (C=O) groups is 1. The smallest absolute Gasteiger partial charge is 0.337 e. The summed E-state index contributed by atoms with van der Waals surface area (Å²) < 4.78 is 10.3. The molecule has 0 aliphatic heterocycles. The van der Waals surface area contributed by atoms with Crippen LogP contribution in [0.2, 0.25) is 0 Å². The normalized spacial score (nSPS) is 9.45. The van der Waals surface area contributed by atoms with Crippen LogP contribution in [0.3, 0.4) is 0 Å². The van der Waals surface area contributed by atoms with Crippen LogP contribution in [0.5, 0.6) is 11.5 Å². The summed E-state index contributed by atoms with van der Waals surface area (Å²) in [5.74, 6) is 0.397. The molecule has 0 N–H and O–H groups in total. The fourth-order valence-electron chi connectivity index (χ4n) is 1.62. The summed E-state index contributed by atoms with van der Waals surface area (Å²) in [6, 6.07) is 13.3. The highest BCUT2D eigenvalue weighted by Crippen LogP contribution is 2.31. The molecule has 20 heavy (non-hydrogen) atoms. The summed E-state index contributed by atoms with van der Waals surface area (Å²) in [5.41, 5.74) is 0.743. The van der Waals surface area contributed by atoms with E-state index in [0.717, 1.165) is 0 Å². The number of hydrogen-bond acceptors (Lipinski definition) is 5. The highest BCUT2D eigenvalue weighted by Gasteiger charge is 2.08. The van der Waals surface area contributed by atoms with Crippen molar-refractivity contribution in [3.63, 3.8) is 0 Å². The Morgan fingerprint density at radius 2 is 1.95 bits per heavy atom. The average molecular weight is 269 g/mol. The molecule has 0 aliphatic rings. The number of benzene rings is 2. The molecule has 0 fully saturated rings. The van der Waals surface area contributed by atoms with Crippen molar-refractivity contribution in [2.45, 2.75) is 0 Å². The molecule has 100 valence electrons. The molecule has 5 nitrogen and oxygen atoms in total. The molecule has 0 radical (unpaired) electrons. The first kappa shape index (κ1) is 13.5. The number of carbonyl (C=O) groups excluding carboxylic acids is 2. The van der Waals surface area contributed by atoms with Crippen LogP contribution in [0.4, 0.5) is 5.69 Å². The number of ether oxygens (including phenoxy) is 2. The lowest BCUT2D eigenvalue weighted by Crippen LogP contribution is -2.00. The van der Waals surface area contributed by atoms with Gasteiger partial charge in [-0.15, -0.1) is 0 Å². The summed E-state index contributed by atoms with van der Waals surface area (Å²) in [4.78, 5) is 25.3. The van der Waals surface area contributed by atoms with Crippen LogP contribution in [0.1, 0.15) is 10.4 Å². The largest absolute Gasteiger partial charge is 0.465 e. The fraction of sp³-hybridized carbons (Fsp3) is 0.0667. The minimum atomic E-state index is -0.449. The summed E-state index contributed by atoms with van der Waals surface area (Å²) in [5, 5.41) is 0. The van der Waals surface area contributed by atoms with E-state index in [9.17, 15) is 9.59 Å². The van der Waals surface area contributed by atoms with E-state index in [0.29, 0.717) is 22.7 Å². The van der Waals surface area contributed by atoms with Gasteiger partial charge in [0.1, 0.15) is 11.4 Å². The van der Waals surface area contributed by atoms with Gasteiger partial charge in [0.15, 0.2) is 5.75 Å². The number of isocyanates is 1. The van der Waals surface area contributed by atoms with Gasteiger partial charge >= 0.3 is 5.97 Å². The van der Waals surface area contributed by atoms with Crippen LogP contribution in [0, 0.1) is 0 Å². The number of aliphatic imine (C=N–C) groups is 1. The minimum Gasteiger partial charge on any atom is -0.465 e. The highest BCUT2D eigenvalue weighted by atomic mass is 16.5. The molecule has 2 aromatic carbocycles. The number of hydrogen-bond donors (Lipinski definition) is 0. The number of para-hydroxylation sites is 2. The third-order valence-electron chi connectivity index (χ3n) is 2.51.